The smallest absolute Gasteiger partial charge is 0.0816 e. The molecule has 1 heterocycles. The van der Waals surface area contributed by atoms with Gasteiger partial charge in [0.05, 0.1) is 5.60 Å². The standard InChI is InChI=1S/C16H26N2O/c1-4-16(19,5-2)12-18-11-13(3)17-10-14-8-6-7-9-15(14)18/h6-9,13,17,19H,4-5,10-12H2,1-3H3. The molecule has 0 saturated heterocycles. The monoisotopic (exact) mass is 262 g/mol. The van der Waals surface area contributed by atoms with Crippen LogP contribution < -0.4 is 10.2 Å². The zero-order valence-corrected chi connectivity index (χ0v) is 12.3. The van der Waals surface area contributed by atoms with Crippen molar-refractivity contribution in [3.05, 3.63) is 29.8 Å². The summed E-state index contributed by atoms with van der Waals surface area (Å²) in [5.74, 6) is 0. The summed E-state index contributed by atoms with van der Waals surface area (Å²) < 4.78 is 0. The molecule has 3 nitrogen and oxygen atoms in total. The molecule has 3 heteroatoms. The molecule has 2 N–H and O–H groups in total. The summed E-state index contributed by atoms with van der Waals surface area (Å²) in [6.07, 6.45) is 1.59. The number of para-hydroxylation sites is 1. The molecule has 1 unspecified atom stereocenters. The first-order valence-corrected chi connectivity index (χ1v) is 7.36. The number of nitrogens with one attached hydrogen (secondary N) is 1. The molecule has 0 aliphatic carbocycles. The average molecular weight is 262 g/mol. The van der Waals surface area contributed by atoms with Gasteiger partial charge >= 0.3 is 0 Å². The molecule has 1 aliphatic rings. The van der Waals surface area contributed by atoms with Crippen molar-refractivity contribution in [2.24, 2.45) is 0 Å². The maximum atomic E-state index is 10.6. The minimum absolute atomic E-state index is 0.436. The molecular formula is C16H26N2O. The third-order valence-corrected chi connectivity index (χ3v) is 4.27. The second-order valence-corrected chi connectivity index (χ2v) is 5.72. The predicted molar refractivity (Wildman–Crippen MR) is 80.5 cm³/mol. The molecule has 0 radical (unpaired) electrons. The predicted octanol–water partition coefficient (Wildman–Crippen LogP) is 2.54. The summed E-state index contributed by atoms with van der Waals surface area (Å²) in [6, 6.07) is 8.94. The van der Waals surface area contributed by atoms with Gasteiger partial charge in [0, 0.05) is 31.4 Å². The van der Waals surface area contributed by atoms with Crippen LogP contribution in [0.3, 0.4) is 0 Å². The summed E-state index contributed by atoms with van der Waals surface area (Å²) in [7, 11) is 0. The Balaban J connectivity index is 2.27. The van der Waals surface area contributed by atoms with Crippen LogP contribution >= 0.6 is 0 Å². The third kappa shape index (κ3) is 3.28. The van der Waals surface area contributed by atoms with Crippen molar-refractivity contribution in [2.45, 2.75) is 51.8 Å². The first-order valence-electron chi connectivity index (χ1n) is 7.36. The maximum absolute atomic E-state index is 10.6. The van der Waals surface area contributed by atoms with Gasteiger partial charge in [-0.3, -0.25) is 0 Å². The number of hydrogen-bond acceptors (Lipinski definition) is 3. The summed E-state index contributed by atoms with van der Waals surface area (Å²) in [6.45, 7) is 8.90. The van der Waals surface area contributed by atoms with E-state index in [-0.39, 0.29) is 0 Å². The fraction of sp³-hybridized carbons (Fsp3) is 0.625. The highest BCUT2D eigenvalue weighted by molar-refractivity contribution is 5.55. The van der Waals surface area contributed by atoms with E-state index in [9.17, 15) is 5.11 Å². The molecule has 1 aromatic rings. The Kier molecular flexibility index (Phi) is 4.48. The van der Waals surface area contributed by atoms with Gasteiger partial charge in [0.25, 0.3) is 0 Å². The van der Waals surface area contributed by atoms with Crippen molar-refractivity contribution in [2.75, 3.05) is 18.0 Å². The highest BCUT2D eigenvalue weighted by atomic mass is 16.3. The maximum Gasteiger partial charge on any atom is 0.0816 e. The van der Waals surface area contributed by atoms with Gasteiger partial charge in [-0.2, -0.15) is 0 Å². The topological polar surface area (TPSA) is 35.5 Å². The molecule has 0 spiro atoms. The Labute approximate surface area is 116 Å². The minimum Gasteiger partial charge on any atom is -0.388 e. The molecule has 0 saturated carbocycles. The lowest BCUT2D eigenvalue weighted by Gasteiger charge is -2.35. The fourth-order valence-electron chi connectivity index (χ4n) is 2.73. The van der Waals surface area contributed by atoms with Crippen LogP contribution in [-0.2, 0) is 6.54 Å². The first-order chi connectivity index (χ1) is 9.08. The van der Waals surface area contributed by atoms with Gasteiger partial charge in [0.15, 0.2) is 0 Å². The Morgan fingerprint density at radius 3 is 2.68 bits per heavy atom. The number of fused-ring (bicyclic) bond motifs is 1. The second kappa shape index (κ2) is 5.93. The van der Waals surface area contributed by atoms with E-state index in [4.69, 9.17) is 0 Å². The van der Waals surface area contributed by atoms with Gasteiger partial charge in [-0.25, -0.2) is 0 Å². The first kappa shape index (κ1) is 14.4. The lowest BCUT2D eigenvalue weighted by atomic mass is 9.96. The normalized spacial score (nSPS) is 20.0. The van der Waals surface area contributed by atoms with Gasteiger partial charge in [-0.05, 0) is 31.4 Å². The zero-order chi connectivity index (χ0) is 13.9. The van der Waals surface area contributed by atoms with E-state index in [1.54, 1.807) is 0 Å². The minimum atomic E-state index is -0.586. The lowest BCUT2D eigenvalue weighted by molar-refractivity contribution is 0.0391. The molecule has 0 amide bonds. The van der Waals surface area contributed by atoms with Crippen molar-refractivity contribution >= 4 is 5.69 Å². The van der Waals surface area contributed by atoms with Crippen LogP contribution in [0.15, 0.2) is 24.3 Å². The van der Waals surface area contributed by atoms with Crippen LogP contribution in [0.1, 0.15) is 39.2 Å². The number of hydrogen-bond donors (Lipinski definition) is 2. The van der Waals surface area contributed by atoms with Crippen LogP contribution in [0.2, 0.25) is 0 Å². The Hall–Kier alpha value is -1.06. The molecular weight excluding hydrogens is 236 g/mol. The van der Waals surface area contributed by atoms with Gasteiger partial charge in [-0.1, -0.05) is 32.0 Å². The molecule has 0 aromatic heterocycles. The Morgan fingerprint density at radius 1 is 1.32 bits per heavy atom. The number of anilines is 1. The number of aliphatic hydroxyl groups is 1. The number of nitrogens with zero attached hydrogens (tertiary/aromatic N) is 1. The largest absolute Gasteiger partial charge is 0.388 e. The molecule has 1 aromatic carbocycles. The van der Waals surface area contributed by atoms with E-state index >= 15 is 0 Å². The molecule has 1 atom stereocenters. The van der Waals surface area contributed by atoms with Crippen LogP contribution in [0.5, 0.6) is 0 Å². The summed E-state index contributed by atoms with van der Waals surface area (Å²) in [5, 5.41) is 14.2. The lowest BCUT2D eigenvalue weighted by Crippen LogP contribution is -2.46. The summed E-state index contributed by atoms with van der Waals surface area (Å²) in [5.41, 5.74) is 2.00. The van der Waals surface area contributed by atoms with Crippen LogP contribution in [0.4, 0.5) is 5.69 Å². The molecule has 1 aliphatic heterocycles. The molecule has 2 rings (SSSR count). The van der Waals surface area contributed by atoms with E-state index in [0.717, 1.165) is 25.9 Å². The highest BCUT2D eigenvalue weighted by Crippen LogP contribution is 2.27. The summed E-state index contributed by atoms with van der Waals surface area (Å²) in [4.78, 5) is 2.34. The van der Waals surface area contributed by atoms with E-state index in [2.05, 4.69) is 55.3 Å². The third-order valence-electron chi connectivity index (χ3n) is 4.27. The Morgan fingerprint density at radius 2 is 2.00 bits per heavy atom. The quantitative estimate of drug-likeness (QED) is 0.875. The van der Waals surface area contributed by atoms with Crippen molar-refractivity contribution in [1.82, 2.24) is 5.32 Å². The van der Waals surface area contributed by atoms with Gasteiger partial charge in [0.1, 0.15) is 0 Å². The zero-order valence-electron chi connectivity index (χ0n) is 12.3. The number of β-amino-alcohol motifs (C(OH)–C–C–N with tert-alkyl or cyclic N) is 1. The average Bonchev–Trinajstić information content (AvgIpc) is 2.59. The highest BCUT2D eigenvalue weighted by Gasteiger charge is 2.28. The second-order valence-electron chi connectivity index (χ2n) is 5.72. The fourth-order valence-corrected chi connectivity index (χ4v) is 2.73. The SMILES string of the molecule is CCC(O)(CC)CN1CC(C)NCc2ccccc21. The number of rotatable bonds is 4. The van der Waals surface area contributed by atoms with Crippen molar-refractivity contribution < 1.29 is 5.11 Å². The molecule has 19 heavy (non-hydrogen) atoms. The van der Waals surface area contributed by atoms with Gasteiger partial charge in [-0.15, -0.1) is 0 Å². The summed E-state index contributed by atoms with van der Waals surface area (Å²) >= 11 is 0. The van der Waals surface area contributed by atoms with Crippen LogP contribution in [0.25, 0.3) is 0 Å². The van der Waals surface area contributed by atoms with Crippen LogP contribution in [-0.4, -0.2) is 29.8 Å². The molecule has 106 valence electrons. The Bertz CT molecular complexity index is 415. The van der Waals surface area contributed by atoms with Gasteiger partial charge in [0.2, 0.25) is 0 Å². The van der Waals surface area contributed by atoms with Crippen molar-refractivity contribution in [1.29, 1.82) is 0 Å². The molecule has 0 bridgehead atoms. The van der Waals surface area contributed by atoms with E-state index < -0.39 is 5.60 Å². The van der Waals surface area contributed by atoms with E-state index in [1.165, 1.54) is 11.3 Å². The van der Waals surface area contributed by atoms with Crippen LogP contribution in [0, 0.1) is 0 Å². The van der Waals surface area contributed by atoms with Crippen molar-refractivity contribution in [3.8, 4) is 0 Å². The van der Waals surface area contributed by atoms with E-state index in [0.29, 0.717) is 12.6 Å². The number of benzene rings is 1. The van der Waals surface area contributed by atoms with Gasteiger partial charge < -0.3 is 15.3 Å². The molecule has 0 fully saturated rings. The van der Waals surface area contributed by atoms with E-state index in [1.807, 2.05) is 0 Å². The van der Waals surface area contributed by atoms with Crippen molar-refractivity contribution in [3.63, 3.8) is 0 Å².